The summed E-state index contributed by atoms with van der Waals surface area (Å²) in [5.41, 5.74) is 2.17. The van der Waals surface area contributed by atoms with Crippen LogP contribution in [0.1, 0.15) is 24.0 Å². The summed E-state index contributed by atoms with van der Waals surface area (Å²) in [6.45, 7) is 1.91. The standard InChI is InChI=1S/C13H15NO2/c1-9-6-11(14-16)8-13(15)12(9)7-10-4-2-3-5-10/h2,4,6,8,10,15H,3,5,7H2,1H3. The summed E-state index contributed by atoms with van der Waals surface area (Å²) in [5.74, 6) is 0.703. The Morgan fingerprint density at radius 3 is 2.88 bits per heavy atom. The van der Waals surface area contributed by atoms with Crippen LogP contribution >= 0.6 is 0 Å². The van der Waals surface area contributed by atoms with E-state index in [-0.39, 0.29) is 5.75 Å². The van der Waals surface area contributed by atoms with Crippen molar-refractivity contribution in [3.63, 3.8) is 0 Å². The molecule has 0 heterocycles. The van der Waals surface area contributed by atoms with Crippen LogP contribution in [0.4, 0.5) is 5.69 Å². The highest BCUT2D eigenvalue weighted by Gasteiger charge is 2.15. The molecule has 1 unspecified atom stereocenters. The molecule has 0 amide bonds. The number of nitrogens with zero attached hydrogens (tertiary/aromatic N) is 1. The molecule has 1 aliphatic carbocycles. The predicted octanol–water partition coefficient (Wildman–Crippen LogP) is 3.61. The SMILES string of the molecule is Cc1cc(N=O)cc(O)c1CC1C=CCC1. The molecular weight excluding hydrogens is 202 g/mol. The van der Waals surface area contributed by atoms with Crippen molar-refractivity contribution in [2.45, 2.75) is 26.2 Å². The molecule has 16 heavy (non-hydrogen) atoms. The monoisotopic (exact) mass is 217 g/mol. The minimum absolute atomic E-state index is 0.190. The fourth-order valence-electron chi connectivity index (χ4n) is 2.23. The third-order valence-corrected chi connectivity index (χ3v) is 3.12. The largest absolute Gasteiger partial charge is 0.508 e. The lowest BCUT2D eigenvalue weighted by molar-refractivity contribution is 0.462. The lowest BCUT2D eigenvalue weighted by atomic mass is 9.94. The number of allylic oxidation sites excluding steroid dienone is 2. The van der Waals surface area contributed by atoms with Gasteiger partial charge in [0.15, 0.2) is 0 Å². The fraction of sp³-hybridized carbons (Fsp3) is 0.385. The van der Waals surface area contributed by atoms with Crippen LogP contribution in [0.2, 0.25) is 0 Å². The molecular formula is C13H15NO2. The second-order valence-corrected chi connectivity index (χ2v) is 4.32. The maximum absolute atomic E-state index is 10.4. The zero-order valence-electron chi connectivity index (χ0n) is 9.31. The lowest BCUT2D eigenvalue weighted by Gasteiger charge is -2.12. The maximum Gasteiger partial charge on any atom is 0.121 e. The Labute approximate surface area is 94.8 Å². The van der Waals surface area contributed by atoms with Crippen LogP contribution < -0.4 is 0 Å². The van der Waals surface area contributed by atoms with Gasteiger partial charge in [0.2, 0.25) is 0 Å². The Balaban J connectivity index is 2.26. The lowest BCUT2D eigenvalue weighted by Crippen LogP contribution is -2.00. The molecule has 1 aromatic carbocycles. The number of aryl methyl sites for hydroxylation is 1. The van der Waals surface area contributed by atoms with Crippen molar-refractivity contribution >= 4 is 5.69 Å². The third-order valence-electron chi connectivity index (χ3n) is 3.12. The van der Waals surface area contributed by atoms with E-state index in [2.05, 4.69) is 17.3 Å². The van der Waals surface area contributed by atoms with Gasteiger partial charge >= 0.3 is 0 Å². The van der Waals surface area contributed by atoms with Gasteiger partial charge in [-0.15, -0.1) is 4.91 Å². The average molecular weight is 217 g/mol. The summed E-state index contributed by atoms with van der Waals surface area (Å²) in [6, 6.07) is 3.16. The summed E-state index contributed by atoms with van der Waals surface area (Å²) in [5, 5.41) is 12.7. The van der Waals surface area contributed by atoms with Gasteiger partial charge in [0, 0.05) is 6.07 Å². The second-order valence-electron chi connectivity index (χ2n) is 4.32. The van der Waals surface area contributed by atoms with E-state index in [0.717, 1.165) is 30.4 Å². The van der Waals surface area contributed by atoms with Gasteiger partial charge in [0.1, 0.15) is 11.4 Å². The van der Waals surface area contributed by atoms with Crippen LogP contribution in [0.25, 0.3) is 0 Å². The Morgan fingerprint density at radius 2 is 2.31 bits per heavy atom. The highest BCUT2D eigenvalue weighted by atomic mass is 16.3. The molecule has 0 saturated carbocycles. The number of aromatic hydroxyl groups is 1. The molecule has 0 fully saturated rings. The zero-order valence-corrected chi connectivity index (χ0v) is 9.31. The number of nitroso groups, excluding NO2 is 1. The minimum atomic E-state index is 0.190. The molecule has 1 aliphatic rings. The maximum atomic E-state index is 10.4. The second kappa shape index (κ2) is 4.47. The van der Waals surface area contributed by atoms with Gasteiger partial charge in [-0.1, -0.05) is 12.2 Å². The summed E-state index contributed by atoms with van der Waals surface area (Å²) in [4.78, 5) is 10.4. The van der Waals surface area contributed by atoms with E-state index in [1.807, 2.05) is 6.92 Å². The molecule has 84 valence electrons. The quantitative estimate of drug-likeness (QED) is 0.621. The molecule has 3 nitrogen and oxygen atoms in total. The highest BCUT2D eigenvalue weighted by Crippen LogP contribution is 2.32. The van der Waals surface area contributed by atoms with E-state index < -0.39 is 0 Å². The molecule has 0 bridgehead atoms. The number of phenols is 1. The van der Waals surface area contributed by atoms with Crippen molar-refractivity contribution in [1.82, 2.24) is 0 Å². The molecule has 1 N–H and O–H groups in total. The van der Waals surface area contributed by atoms with Gasteiger partial charge in [0.25, 0.3) is 0 Å². The first kappa shape index (κ1) is 10.9. The first-order chi connectivity index (χ1) is 7.70. The van der Waals surface area contributed by atoms with E-state index >= 15 is 0 Å². The van der Waals surface area contributed by atoms with Crippen molar-refractivity contribution < 1.29 is 5.11 Å². The van der Waals surface area contributed by atoms with Crippen molar-refractivity contribution in [3.05, 3.63) is 40.3 Å². The molecule has 0 aromatic heterocycles. The van der Waals surface area contributed by atoms with Crippen LogP contribution in [0, 0.1) is 17.7 Å². The number of rotatable bonds is 3. The normalized spacial score (nSPS) is 18.9. The molecule has 0 aliphatic heterocycles. The molecule has 0 saturated heterocycles. The van der Waals surface area contributed by atoms with E-state index in [9.17, 15) is 10.0 Å². The van der Waals surface area contributed by atoms with Crippen LogP contribution in [0.15, 0.2) is 29.5 Å². The molecule has 3 heteroatoms. The number of phenolic OH excluding ortho intramolecular Hbond substituents is 1. The molecule has 1 atom stereocenters. The molecule has 1 aromatic rings. The first-order valence-corrected chi connectivity index (χ1v) is 5.53. The Bertz CT molecular complexity index is 415. The van der Waals surface area contributed by atoms with Crippen molar-refractivity contribution in [1.29, 1.82) is 0 Å². The summed E-state index contributed by atoms with van der Waals surface area (Å²) in [7, 11) is 0. The van der Waals surface area contributed by atoms with Crippen LogP contribution in [0.5, 0.6) is 5.75 Å². The Morgan fingerprint density at radius 1 is 1.50 bits per heavy atom. The zero-order chi connectivity index (χ0) is 11.5. The Hall–Kier alpha value is -1.64. The van der Waals surface area contributed by atoms with E-state index in [1.165, 1.54) is 6.07 Å². The predicted molar refractivity (Wildman–Crippen MR) is 63.9 cm³/mol. The van der Waals surface area contributed by atoms with Crippen molar-refractivity contribution in [2.24, 2.45) is 11.1 Å². The van der Waals surface area contributed by atoms with Crippen LogP contribution in [-0.4, -0.2) is 5.11 Å². The average Bonchev–Trinajstić information content (AvgIpc) is 2.75. The number of hydrogen-bond donors (Lipinski definition) is 1. The van der Waals surface area contributed by atoms with Gasteiger partial charge in [0.05, 0.1) is 0 Å². The Kier molecular flexibility index (Phi) is 3.04. The first-order valence-electron chi connectivity index (χ1n) is 5.53. The smallest absolute Gasteiger partial charge is 0.121 e. The number of hydrogen-bond acceptors (Lipinski definition) is 3. The van der Waals surface area contributed by atoms with Gasteiger partial charge in [-0.2, -0.15) is 0 Å². The van der Waals surface area contributed by atoms with Crippen LogP contribution in [-0.2, 0) is 6.42 Å². The molecule has 0 spiro atoms. The minimum Gasteiger partial charge on any atom is -0.508 e. The van der Waals surface area contributed by atoms with Gasteiger partial charge in [-0.3, -0.25) is 0 Å². The van der Waals surface area contributed by atoms with Crippen molar-refractivity contribution in [3.8, 4) is 5.75 Å². The fourth-order valence-corrected chi connectivity index (χ4v) is 2.23. The van der Waals surface area contributed by atoms with Gasteiger partial charge < -0.3 is 5.11 Å². The highest BCUT2D eigenvalue weighted by molar-refractivity contribution is 5.51. The summed E-state index contributed by atoms with van der Waals surface area (Å²) < 4.78 is 0. The molecule has 2 rings (SSSR count). The van der Waals surface area contributed by atoms with E-state index in [0.29, 0.717) is 11.6 Å². The molecule has 0 radical (unpaired) electrons. The topological polar surface area (TPSA) is 49.7 Å². The van der Waals surface area contributed by atoms with Crippen molar-refractivity contribution in [2.75, 3.05) is 0 Å². The summed E-state index contributed by atoms with van der Waals surface area (Å²) >= 11 is 0. The van der Waals surface area contributed by atoms with Gasteiger partial charge in [-0.05, 0) is 54.5 Å². The third kappa shape index (κ3) is 2.13. The van der Waals surface area contributed by atoms with E-state index in [1.54, 1.807) is 6.07 Å². The number of benzene rings is 1. The van der Waals surface area contributed by atoms with Crippen LogP contribution in [0.3, 0.4) is 0 Å². The summed E-state index contributed by atoms with van der Waals surface area (Å²) in [6.07, 6.45) is 7.49. The van der Waals surface area contributed by atoms with Gasteiger partial charge in [-0.25, -0.2) is 0 Å². The van der Waals surface area contributed by atoms with E-state index in [4.69, 9.17) is 0 Å².